The highest BCUT2D eigenvalue weighted by atomic mass is 35.5. The summed E-state index contributed by atoms with van der Waals surface area (Å²) in [6.45, 7) is 10.7. The van der Waals surface area contributed by atoms with Crippen LogP contribution in [0.3, 0.4) is 0 Å². The third kappa shape index (κ3) is 6.48. The molecule has 0 radical (unpaired) electrons. The quantitative estimate of drug-likeness (QED) is 0.619. The van der Waals surface area contributed by atoms with Crippen LogP contribution in [-0.4, -0.2) is 58.5 Å². The molecule has 2 aliphatic rings. The smallest absolute Gasteiger partial charge is 0.255 e. The number of aryl methyl sites for hydroxylation is 2. The molecule has 1 aromatic heterocycles. The number of likely N-dealkylation sites (tertiary alicyclic amines) is 2. The van der Waals surface area contributed by atoms with Crippen molar-refractivity contribution in [3.05, 3.63) is 64.7 Å². The van der Waals surface area contributed by atoms with E-state index in [9.17, 15) is 9.18 Å². The lowest BCUT2D eigenvalue weighted by molar-refractivity contribution is 0.0153. The van der Waals surface area contributed by atoms with Gasteiger partial charge in [0, 0.05) is 50.5 Å². The highest BCUT2D eigenvalue weighted by molar-refractivity contribution is 5.96. The van der Waals surface area contributed by atoms with Crippen LogP contribution in [0.1, 0.15) is 59.8 Å². The van der Waals surface area contributed by atoms with Gasteiger partial charge in [-0.25, -0.2) is 4.39 Å². The van der Waals surface area contributed by atoms with Crippen LogP contribution in [0.2, 0.25) is 0 Å². The zero-order chi connectivity index (χ0) is 22.7. The number of hydrogen-bond acceptors (Lipinski definition) is 4. The van der Waals surface area contributed by atoms with Crippen LogP contribution in [0.25, 0.3) is 0 Å². The summed E-state index contributed by atoms with van der Waals surface area (Å²) < 4.78 is 13.4. The number of amides is 1. The number of nitrogens with zero attached hydrogens (tertiary/aromatic N) is 3. The molecule has 0 unspecified atom stereocenters. The largest absolute Gasteiger partial charge is 0.338 e. The monoisotopic (exact) mass is 510 g/mol. The molecular weight excluding hydrogens is 474 g/mol. The molecule has 2 fully saturated rings. The predicted octanol–water partition coefficient (Wildman–Crippen LogP) is 4.93. The topological polar surface area (TPSA) is 48.5 Å². The highest BCUT2D eigenvalue weighted by Gasteiger charge is 2.38. The Kier molecular flexibility index (Phi) is 10.3. The molecule has 4 rings (SSSR count). The number of hydrogen-bond donors (Lipinski definition) is 1. The van der Waals surface area contributed by atoms with Crippen molar-refractivity contribution in [2.45, 2.75) is 64.6 Å². The molecule has 0 aliphatic carbocycles. The Morgan fingerprint density at radius 3 is 2.41 bits per heavy atom. The van der Waals surface area contributed by atoms with Gasteiger partial charge in [0.15, 0.2) is 0 Å². The van der Waals surface area contributed by atoms with E-state index in [1.54, 1.807) is 18.3 Å². The average Bonchev–Trinajstić information content (AvgIpc) is 2.78. The second-order valence-electron chi connectivity index (χ2n) is 9.65. The Bertz CT molecular complexity index is 937. The first-order chi connectivity index (χ1) is 15.4. The lowest BCUT2D eigenvalue weighted by Gasteiger charge is -2.49. The van der Waals surface area contributed by atoms with Crippen LogP contribution in [0.15, 0.2) is 36.5 Å². The van der Waals surface area contributed by atoms with Crippen molar-refractivity contribution in [1.29, 1.82) is 0 Å². The minimum absolute atomic E-state index is 0. The molecule has 0 spiro atoms. The summed E-state index contributed by atoms with van der Waals surface area (Å²) in [6.07, 6.45) is 5.96. The molecule has 0 saturated carbocycles. The molecule has 8 heteroatoms. The van der Waals surface area contributed by atoms with E-state index < -0.39 is 0 Å². The molecular formula is C26H37Cl2FN4O. The summed E-state index contributed by atoms with van der Waals surface area (Å²) in [5.41, 5.74) is 3.72. The third-order valence-corrected chi connectivity index (χ3v) is 7.43. The van der Waals surface area contributed by atoms with E-state index in [2.05, 4.69) is 22.1 Å². The molecule has 5 nitrogen and oxygen atoms in total. The number of aromatic nitrogens is 1. The molecule has 34 heavy (non-hydrogen) atoms. The van der Waals surface area contributed by atoms with Gasteiger partial charge in [-0.3, -0.25) is 14.7 Å². The second-order valence-corrected chi connectivity index (χ2v) is 9.65. The third-order valence-electron chi connectivity index (χ3n) is 7.43. The summed E-state index contributed by atoms with van der Waals surface area (Å²) in [5, 5.41) is 3.60. The van der Waals surface area contributed by atoms with E-state index in [1.807, 2.05) is 30.9 Å². The van der Waals surface area contributed by atoms with E-state index >= 15 is 0 Å². The molecule has 1 aromatic carbocycles. The van der Waals surface area contributed by atoms with Gasteiger partial charge in [-0.15, -0.1) is 24.8 Å². The van der Waals surface area contributed by atoms with Crippen molar-refractivity contribution in [2.24, 2.45) is 0 Å². The van der Waals surface area contributed by atoms with E-state index in [0.29, 0.717) is 12.6 Å². The van der Waals surface area contributed by atoms with Crippen molar-refractivity contribution in [3.8, 4) is 0 Å². The zero-order valence-corrected chi connectivity index (χ0v) is 22.0. The summed E-state index contributed by atoms with van der Waals surface area (Å²) >= 11 is 0. The Hall–Kier alpha value is -1.73. The number of nitrogens with one attached hydrogen (secondary N) is 1. The first kappa shape index (κ1) is 28.5. The van der Waals surface area contributed by atoms with E-state index in [-0.39, 0.29) is 42.1 Å². The lowest BCUT2D eigenvalue weighted by atomic mass is 9.85. The van der Waals surface area contributed by atoms with Crippen LogP contribution >= 0.6 is 24.8 Å². The van der Waals surface area contributed by atoms with Gasteiger partial charge < -0.3 is 10.2 Å². The lowest BCUT2D eigenvalue weighted by Crippen LogP contribution is -2.57. The predicted molar refractivity (Wildman–Crippen MR) is 140 cm³/mol. The van der Waals surface area contributed by atoms with Gasteiger partial charge >= 0.3 is 0 Å². The fraction of sp³-hybridized carbons (Fsp3) is 0.538. The summed E-state index contributed by atoms with van der Waals surface area (Å²) in [5.74, 6) is -0.0545. The van der Waals surface area contributed by atoms with E-state index in [1.165, 1.54) is 6.07 Å². The standard InChI is InChI=1S/C26H35FN4O.2ClH/c1-19-7-12-28-20(2)24(19)25(32)30-15-10-26(3,11-16-30)31-13-8-23(9-14-31)29-18-21-5-4-6-22(27)17-21;;/h4-7,12,17,23,29H,8-11,13-16,18H2,1-3H3;2*1H. The number of benzene rings is 1. The van der Waals surface area contributed by atoms with E-state index in [4.69, 9.17) is 0 Å². The maximum atomic E-state index is 13.4. The molecule has 3 heterocycles. The number of halogens is 3. The fourth-order valence-electron chi connectivity index (χ4n) is 5.22. The minimum atomic E-state index is -0.175. The van der Waals surface area contributed by atoms with Gasteiger partial charge in [0.05, 0.1) is 11.3 Å². The Morgan fingerprint density at radius 2 is 1.79 bits per heavy atom. The molecule has 0 atom stereocenters. The van der Waals surface area contributed by atoms with Gasteiger partial charge in [-0.1, -0.05) is 12.1 Å². The SMILES string of the molecule is Cc1ccnc(C)c1C(=O)N1CCC(C)(N2CCC(NCc3cccc(F)c3)CC2)CC1.Cl.Cl. The Balaban J connectivity index is 0.00000204. The average molecular weight is 512 g/mol. The molecule has 188 valence electrons. The molecule has 0 bridgehead atoms. The molecule has 2 aromatic rings. The molecule has 2 aliphatic heterocycles. The number of carbonyl (C=O) groups excluding carboxylic acids is 1. The summed E-state index contributed by atoms with van der Waals surface area (Å²) in [4.78, 5) is 22.1. The number of rotatable bonds is 5. The van der Waals surface area contributed by atoms with Gasteiger partial charge in [0.25, 0.3) is 5.91 Å². The number of piperidine rings is 2. The molecule has 1 N–H and O–H groups in total. The zero-order valence-electron chi connectivity index (χ0n) is 20.3. The van der Waals surface area contributed by atoms with Gasteiger partial charge in [0.2, 0.25) is 0 Å². The molecule has 2 saturated heterocycles. The van der Waals surface area contributed by atoms with Crippen molar-refractivity contribution in [1.82, 2.24) is 20.1 Å². The first-order valence-corrected chi connectivity index (χ1v) is 11.8. The van der Waals surface area contributed by atoms with Crippen LogP contribution in [0.4, 0.5) is 4.39 Å². The normalized spacial score (nSPS) is 18.6. The van der Waals surface area contributed by atoms with Gasteiger partial charge in [-0.2, -0.15) is 0 Å². The van der Waals surface area contributed by atoms with Gasteiger partial charge in [0.1, 0.15) is 5.82 Å². The maximum Gasteiger partial charge on any atom is 0.255 e. The summed E-state index contributed by atoms with van der Waals surface area (Å²) in [7, 11) is 0. The van der Waals surface area contributed by atoms with Crippen molar-refractivity contribution in [3.63, 3.8) is 0 Å². The van der Waals surface area contributed by atoms with Crippen molar-refractivity contribution in [2.75, 3.05) is 26.2 Å². The highest BCUT2D eigenvalue weighted by Crippen LogP contribution is 2.32. The Labute approximate surface area is 215 Å². The maximum absolute atomic E-state index is 13.4. The van der Waals surface area contributed by atoms with Gasteiger partial charge in [-0.05, 0) is 75.8 Å². The summed E-state index contributed by atoms with van der Waals surface area (Å²) in [6, 6.07) is 9.21. The van der Waals surface area contributed by atoms with Crippen LogP contribution < -0.4 is 5.32 Å². The van der Waals surface area contributed by atoms with Crippen LogP contribution in [0, 0.1) is 19.7 Å². The minimum Gasteiger partial charge on any atom is -0.338 e. The van der Waals surface area contributed by atoms with Crippen molar-refractivity contribution >= 4 is 30.7 Å². The molecule has 1 amide bonds. The fourth-order valence-corrected chi connectivity index (χ4v) is 5.22. The second kappa shape index (κ2) is 12.3. The van der Waals surface area contributed by atoms with Crippen molar-refractivity contribution < 1.29 is 9.18 Å². The number of pyridine rings is 1. The number of carbonyl (C=O) groups is 1. The van der Waals surface area contributed by atoms with E-state index in [0.717, 1.165) is 74.2 Å². The van der Waals surface area contributed by atoms with Crippen LogP contribution in [-0.2, 0) is 6.54 Å². The van der Waals surface area contributed by atoms with Crippen LogP contribution in [0.5, 0.6) is 0 Å². The Morgan fingerprint density at radius 1 is 1.12 bits per heavy atom. The first-order valence-electron chi connectivity index (χ1n) is 11.8.